The van der Waals surface area contributed by atoms with Crippen molar-refractivity contribution in [3.8, 4) is 0 Å². The number of nitrogens with two attached hydrogens (primary N) is 1. The van der Waals surface area contributed by atoms with Crippen LogP contribution in [0.5, 0.6) is 0 Å². The van der Waals surface area contributed by atoms with Gasteiger partial charge in [0.2, 0.25) is 0 Å². The zero-order chi connectivity index (χ0) is 12.3. The Bertz CT molecular complexity index is 399. The topological polar surface area (TPSA) is 29.3 Å². The molecule has 2 nitrogen and oxygen atoms in total. The molecule has 1 aliphatic rings. The normalized spacial score (nSPS) is 15.2. The molecule has 0 radical (unpaired) electrons. The molecule has 3 heteroatoms. The third-order valence-corrected chi connectivity index (χ3v) is 3.89. The van der Waals surface area contributed by atoms with Crippen LogP contribution in [0.15, 0.2) is 35.3 Å². The number of hydrogen-bond donors (Lipinski definition) is 1. The minimum atomic E-state index is 0.595. The van der Waals surface area contributed by atoms with E-state index in [0.29, 0.717) is 6.54 Å². The number of benzene rings is 1. The molecule has 92 valence electrons. The van der Waals surface area contributed by atoms with E-state index < -0.39 is 0 Å². The van der Waals surface area contributed by atoms with Crippen molar-refractivity contribution in [2.45, 2.75) is 32.0 Å². The van der Waals surface area contributed by atoms with Crippen molar-refractivity contribution in [3.05, 3.63) is 46.5 Å². The molecule has 1 aromatic carbocycles. The van der Waals surface area contributed by atoms with Gasteiger partial charge in [0, 0.05) is 30.1 Å². The summed E-state index contributed by atoms with van der Waals surface area (Å²) in [6.45, 7) is 6.38. The van der Waals surface area contributed by atoms with Crippen molar-refractivity contribution in [2.75, 3.05) is 6.54 Å². The predicted molar refractivity (Wildman–Crippen MR) is 75.7 cm³/mol. The minimum Gasteiger partial charge on any atom is -0.326 e. The van der Waals surface area contributed by atoms with Gasteiger partial charge in [-0.3, -0.25) is 4.90 Å². The summed E-state index contributed by atoms with van der Waals surface area (Å²) >= 11 is 3.63. The molecule has 0 saturated heterocycles. The lowest BCUT2D eigenvalue weighted by atomic mass is 10.1. The molecule has 1 aromatic rings. The first-order valence-corrected chi connectivity index (χ1v) is 6.86. The molecule has 0 spiro atoms. The molecule has 1 aliphatic carbocycles. The van der Waals surface area contributed by atoms with E-state index in [1.165, 1.54) is 24.0 Å². The zero-order valence-electron chi connectivity index (χ0n) is 10.0. The van der Waals surface area contributed by atoms with E-state index in [1.807, 2.05) is 6.08 Å². The monoisotopic (exact) mass is 294 g/mol. The lowest BCUT2D eigenvalue weighted by Crippen LogP contribution is -2.25. The molecule has 0 aliphatic heterocycles. The van der Waals surface area contributed by atoms with E-state index in [-0.39, 0.29) is 0 Å². The highest BCUT2D eigenvalue weighted by Crippen LogP contribution is 2.29. The van der Waals surface area contributed by atoms with Crippen LogP contribution < -0.4 is 5.73 Å². The molecule has 17 heavy (non-hydrogen) atoms. The number of nitrogens with zero attached hydrogens (tertiary/aromatic N) is 1. The molecule has 2 rings (SSSR count). The average molecular weight is 295 g/mol. The fourth-order valence-electron chi connectivity index (χ4n) is 2.01. The molecule has 0 heterocycles. The Labute approximate surface area is 112 Å². The third-order valence-electron chi connectivity index (χ3n) is 3.15. The average Bonchev–Trinajstić information content (AvgIpc) is 3.14. The number of halogens is 1. The second-order valence-corrected chi connectivity index (χ2v) is 5.43. The molecule has 2 N–H and O–H groups in total. The quantitative estimate of drug-likeness (QED) is 0.817. The molecule has 1 fully saturated rings. The van der Waals surface area contributed by atoms with E-state index in [2.05, 4.69) is 45.6 Å². The van der Waals surface area contributed by atoms with Gasteiger partial charge in [0.15, 0.2) is 0 Å². The summed E-state index contributed by atoms with van der Waals surface area (Å²) in [5, 5.41) is 0. The Morgan fingerprint density at radius 1 is 1.47 bits per heavy atom. The van der Waals surface area contributed by atoms with E-state index in [0.717, 1.165) is 23.6 Å². The Hall–Kier alpha value is -0.640. The fraction of sp³-hybridized carbons (Fsp3) is 0.429. The van der Waals surface area contributed by atoms with Gasteiger partial charge < -0.3 is 5.73 Å². The second-order valence-electron chi connectivity index (χ2n) is 4.58. The molecule has 0 amide bonds. The summed E-state index contributed by atoms with van der Waals surface area (Å²) in [6.07, 6.45) is 4.64. The molecular formula is C14H19BrN2. The van der Waals surface area contributed by atoms with Crippen molar-refractivity contribution in [3.63, 3.8) is 0 Å². The zero-order valence-corrected chi connectivity index (χ0v) is 11.6. The second kappa shape index (κ2) is 5.80. The van der Waals surface area contributed by atoms with Gasteiger partial charge in [0.25, 0.3) is 0 Å². The van der Waals surface area contributed by atoms with Crippen molar-refractivity contribution in [1.82, 2.24) is 4.90 Å². The van der Waals surface area contributed by atoms with Crippen LogP contribution in [0.2, 0.25) is 0 Å². The van der Waals surface area contributed by atoms with Crippen LogP contribution in [0.1, 0.15) is 24.0 Å². The maximum absolute atomic E-state index is 5.63. The van der Waals surface area contributed by atoms with Crippen LogP contribution in [0.3, 0.4) is 0 Å². The van der Waals surface area contributed by atoms with E-state index >= 15 is 0 Å². The van der Waals surface area contributed by atoms with Crippen molar-refractivity contribution in [1.29, 1.82) is 0 Å². The third kappa shape index (κ3) is 3.41. The lowest BCUT2D eigenvalue weighted by Gasteiger charge is -2.21. The van der Waals surface area contributed by atoms with Crippen LogP contribution in [0.4, 0.5) is 0 Å². The maximum atomic E-state index is 5.63. The first-order valence-electron chi connectivity index (χ1n) is 6.07. The summed E-state index contributed by atoms with van der Waals surface area (Å²) in [5.41, 5.74) is 8.13. The van der Waals surface area contributed by atoms with Crippen molar-refractivity contribution in [2.24, 2.45) is 5.73 Å². The Morgan fingerprint density at radius 3 is 2.76 bits per heavy atom. The van der Waals surface area contributed by atoms with Crippen LogP contribution in [-0.2, 0) is 13.1 Å². The largest absolute Gasteiger partial charge is 0.326 e. The van der Waals surface area contributed by atoms with Gasteiger partial charge in [-0.15, -0.1) is 6.58 Å². The molecule has 0 bridgehead atoms. The summed E-state index contributed by atoms with van der Waals surface area (Å²) in [7, 11) is 0. The van der Waals surface area contributed by atoms with Gasteiger partial charge in [-0.25, -0.2) is 0 Å². The Balaban J connectivity index is 2.08. The highest BCUT2D eigenvalue weighted by Gasteiger charge is 2.28. The first-order chi connectivity index (χ1) is 8.24. The van der Waals surface area contributed by atoms with Crippen LogP contribution in [-0.4, -0.2) is 17.5 Å². The summed E-state index contributed by atoms with van der Waals surface area (Å²) < 4.78 is 1.16. The van der Waals surface area contributed by atoms with Gasteiger partial charge in [0.1, 0.15) is 0 Å². The highest BCUT2D eigenvalue weighted by molar-refractivity contribution is 9.10. The van der Waals surface area contributed by atoms with Crippen LogP contribution >= 0.6 is 15.9 Å². The molecular weight excluding hydrogens is 276 g/mol. The van der Waals surface area contributed by atoms with Crippen LogP contribution in [0, 0.1) is 0 Å². The van der Waals surface area contributed by atoms with Crippen molar-refractivity contribution < 1.29 is 0 Å². The molecule has 0 atom stereocenters. The molecule has 0 unspecified atom stereocenters. The van der Waals surface area contributed by atoms with E-state index in [9.17, 15) is 0 Å². The smallest absolute Gasteiger partial charge is 0.0251 e. The van der Waals surface area contributed by atoms with Gasteiger partial charge in [0.05, 0.1) is 0 Å². The Kier molecular flexibility index (Phi) is 4.37. The lowest BCUT2D eigenvalue weighted by molar-refractivity contribution is 0.283. The van der Waals surface area contributed by atoms with Gasteiger partial charge in [-0.2, -0.15) is 0 Å². The summed E-state index contributed by atoms with van der Waals surface area (Å²) in [6, 6.07) is 7.16. The highest BCUT2D eigenvalue weighted by atomic mass is 79.9. The standard InChI is InChI=1S/C14H19BrN2/c1-2-7-17(13-5-6-13)10-12-4-3-11(9-16)8-14(12)15/h2-4,8,13H,1,5-7,9-10,16H2. The van der Waals surface area contributed by atoms with Gasteiger partial charge in [-0.05, 0) is 30.0 Å². The first kappa shape index (κ1) is 12.8. The molecule has 1 saturated carbocycles. The fourth-order valence-corrected chi connectivity index (χ4v) is 2.56. The summed E-state index contributed by atoms with van der Waals surface area (Å²) in [4.78, 5) is 2.48. The predicted octanol–water partition coefficient (Wildman–Crippen LogP) is 3.06. The van der Waals surface area contributed by atoms with E-state index in [4.69, 9.17) is 5.73 Å². The van der Waals surface area contributed by atoms with E-state index in [1.54, 1.807) is 0 Å². The van der Waals surface area contributed by atoms with Crippen molar-refractivity contribution >= 4 is 15.9 Å². The summed E-state index contributed by atoms with van der Waals surface area (Å²) in [5.74, 6) is 0. The number of hydrogen-bond acceptors (Lipinski definition) is 2. The van der Waals surface area contributed by atoms with Gasteiger partial charge >= 0.3 is 0 Å². The number of rotatable bonds is 6. The Morgan fingerprint density at radius 2 is 2.24 bits per heavy atom. The SMILES string of the molecule is C=CCN(Cc1ccc(CN)cc1Br)C1CC1. The van der Waals surface area contributed by atoms with Crippen LogP contribution in [0.25, 0.3) is 0 Å². The van der Waals surface area contributed by atoms with Gasteiger partial charge in [-0.1, -0.05) is 34.1 Å². The minimum absolute atomic E-state index is 0.595. The maximum Gasteiger partial charge on any atom is 0.0251 e. The molecule has 0 aromatic heterocycles.